The molecule has 0 bridgehead atoms. The van der Waals surface area contributed by atoms with Gasteiger partial charge in [-0.15, -0.1) is 0 Å². The quantitative estimate of drug-likeness (QED) is 0.662. The Hall–Kier alpha value is -0.870. The van der Waals surface area contributed by atoms with E-state index in [2.05, 4.69) is 20.6 Å². The van der Waals surface area contributed by atoms with Gasteiger partial charge in [-0.2, -0.15) is 0 Å². The second-order valence-electron chi connectivity index (χ2n) is 3.84. The average Bonchev–Trinajstić information content (AvgIpc) is 2.58. The summed E-state index contributed by atoms with van der Waals surface area (Å²) >= 11 is 0. The lowest BCUT2D eigenvalue weighted by Crippen LogP contribution is -2.29. The van der Waals surface area contributed by atoms with Gasteiger partial charge in [0.25, 0.3) is 0 Å². The highest BCUT2D eigenvalue weighted by Gasteiger charge is 2.10. The summed E-state index contributed by atoms with van der Waals surface area (Å²) in [6.45, 7) is 3.22. The molecule has 1 unspecified atom stereocenters. The van der Waals surface area contributed by atoms with Crippen molar-refractivity contribution >= 4 is 0 Å². The zero-order valence-electron chi connectivity index (χ0n) is 8.42. The van der Waals surface area contributed by atoms with E-state index in [0.717, 1.165) is 13.1 Å². The highest BCUT2D eigenvalue weighted by atomic mass is 15.0. The van der Waals surface area contributed by atoms with Gasteiger partial charge < -0.3 is 15.6 Å². The monoisotopic (exact) mass is 194 g/mol. The lowest BCUT2D eigenvalue weighted by atomic mass is 10.1. The maximum Gasteiger partial charge on any atom is 0.0922 e. The van der Waals surface area contributed by atoms with Crippen LogP contribution in [0.4, 0.5) is 0 Å². The topological polar surface area (TPSA) is 52.7 Å². The lowest BCUT2D eigenvalue weighted by Gasteiger charge is -2.14. The summed E-state index contributed by atoms with van der Waals surface area (Å²) in [5.41, 5.74) is 1.17. The third-order valence-corrected chi connectivity index (χ3v) is 2.71. The van der Waals surface area contributed by atoms with Crippen LogP contribution < -0.4 is 10.6 Å². The van der Waals surface area contributed by atoms with Gasteiger partial charge >= 0.3 is 0 Å². The van der Waals surface area contributed by atoms with Crippen molar-refractivity contribution in [1.29, 1.82) is 0 Å². The molecular weight excluding hydrogens is 176 g/mol. The first-order valence-corrected chi connectivity index (χ1v) is 5.36. The third-order valence-electron chi connectivity index (χ3n) is 2.71. The number of nitrogens with zero attached hydrogens (tertiary/aromatic N) is 1. The van der Waals surface area contributed by atoms with Crippen molar-refractivity contribution in [3.63, 3.8) is 0 Å². The molecule has 1 aromatic rings. The molecular formula is C10H18N4. The summed E-state index contributed by atoms with van der Waals surface area (Å²) in [6.07, 6.45) is 7.39. The molecule has 1 aliphatic rings. The maximum absolute atomic E-state index is 4.00. The summed E-state index contributed by atoms with van der Waals surface area (Å²) in [5.74, 6) is 0. The van der Waals surface area contributed by atoms with Crippen LogP contribution in [0.3, 0.4) is 0 Å². The number of hydrogen-bond acceptors (Lipinski definition) is 3. The molecule has 1 saturated heterocycles. The van der Waals surface area contributed by atoms with Crippen LogP contribution in [0.15, 0.2) is 12.5 Å². The molecule has 0 radical (unpaired) electrons. The lowest BCUT2D eigenvalue weighted by molar-refractivity contribution is 0.466. The van der Waals surface area contributed by atoms with E-state index in [-0.39, 0.29) is 0 Å². The van der Waals surface area contributed by atoms with Crippen molar-refractivity contribution in [2.45, 2.75) is 31.8 Å². The first kappa shape index (κ1) is 9.68. The van der Waals surface area contributed by atoms with Gasteiger partial charge in [-0.1, -0.05) is 0 Å². The average molecular weight is 194 g/mol. The second kappa shape index (κ2) is 5.12. The van der Waals surface area contributed by atoms with Crippen molar-refractivity contribution in [3.8, 4) is 0 Å². The van der Waals surface area contributed by atoms with Crippen LogP contribution in [0.2, 0.25) is 0 Å². The van der Waals surface area contributed by atoms with Gasteiger partial charge in [-0.3, -0.25) is 0 Å². The Bertz CT molecular complexity index is 237. The Morgan fingerprint density at radius 3 is 3.29 bits per heavy atom. The predicted octanol–water partition coefficient (Wildman–Crippen LogP) is 0.641. The molecule has 0 aliphatic carbocycles. The Labute approximate surface area is 84.5 Å². The van der Waals surface area contributed by atoms with Crippen LogP contribution in [-0.4, -0.2) is 29.1 Å². The van der Waals surface area contributed by atoms with Crippen LogP contribution in [0.1, 0.15) is 25.0 Å². The van der Waals surface area contributed by atoms with E-state index in [1.807, 2.05) is 6.20 Å². The molecule has 78 valence electrons. The van der Waals surface area contributed by atoms with Gasteiger partial charge in [0.15, 0.2) is 0 Å². The van der Waals surface area contributed by atoms with E-state index in [0.29, 0.717) is 6.04 Å². The van der Waals surface area contributed by atoms with Crippen molar-refractivity contribution in [2.75, 3.05) is 13.1 Å². The fourth-order valence-electron chi connectivity index (χ4n) is 1.86. The van der Waals surface area contributed by atoms with Gasteiger partial charge in [-0.05, 0) is 32.4 Å². The molecule has 2 rings (SSSR count). The first-order valence-electron chi connectivity index (χ1n) is 5.36. The zero-order chi connectivity index (χ0) is 9.64. The third kappa shape index (κ3) is 2.82. The molecule has 0 saturated carbocycles. The van der Waals surface area contributed by atoms with Gasteiger partial charge in [0.05, 0.1) is 6.33 Å². The number of hydrogen-bond donors (Lipinski definition) is 3. The summed E-state index contributed by atoms with van der Waals surface area (Å²) in [7, 11) is 0. The van der Waals surface area contributed by atoms with Gasteiger partial charge in [0, 0.05) is 24.5 Å². The maximum atomic E-state index is 4.00. The number of imidazole rings is 1. The summed E-state index contributed by atoms with van der Waals surface area (Å²) in [4.78, 5) is 7.10. The van der Waals surface area contributed by atoms with E-state index in [4.69, 9.17) is 0 Å². The molecule has 14 heavy (non-hydrogen) atoms. The standard InChI is InChI=1S/C10H18N4/c1-2-9(3-5-11-4-1)13-7-10-6-12-8-14-10/h6,8-9,11,13H,1-5,7H2,(H,12,14). The summed E-state index contributed by atoms with van der Waals surface area (Å²) in [6, 6.07) is 0.660. The van der Waals surface area contributed by atoms with Crippen molar-refractivity contribution in [2.24, 2.45) is 0 Å². The van der Waals surface area contributed by atoms with Crippen molar-refractivity contribution < 1.29 is 0 Å². The normalized spacial score (nSPS) is 23.3. The molecule has 1 aromatic heterocycles. The molecule has 0 amide bonds. The molecule has 4 heteroatoms. The van der Waals surface area contributed by atoms with Crippen molar-refractivity contribution in [3.05, 3.63) is 18.2 Å². The zero-order valence-corrected chi connectivity index (χ0v) is 8.42. The molecule has 2 heterocycles. The van der Waals surface area contributed by atoms with Crippen LogP contribution in [-0.2, 0) is 6.54 Å². The summed E-state index contributed by atoms with van der Waals surface area (Å²) in [5, 5.41) is 6.96. The number of aromatic nitrogens is 2. The Morgan fingerprint density at radius 2 is 2.43 bits per heavy atom. The van der Waals surface area contributed by atoms with E-state index in [1.165, 1.54) is 31.5 Å². The molecule has 1 fully saturated rings. The van der Waals surface area contributed by atoms with E-state index < -0.39 is 0 Å². The van der Waals surface area contributed by atoms with Gasteiger partial charge in [0.1, 0.15) is 0 Å². The highest BCUT2D eigenvalue weighted by Crippen LogP contribution is 2.05. The van der Waals surface area contributed by atoms with E-state index >= 15 is 0 Å². The number of rotatable bonds is 3. The first-order chi connectivity index (χ1) is 6.95. The Balaban J connectivity index is 1.73. The second-order valence-corrected chi connectivity index (χ2v) is 3.84. The van der Waals surface area contributed by atoms with Gasteiger partial charge in [-0.25, -0.2) is 4.98 Å². The smallest absolute Gasteiger partial charge is 0.0922 e. The summed E-state index contributed by atoms with van der Waals surface area (Å²) < 4.78 is 0. The predicted molar refractivity (Wildman–Crippen MR) is 55.9 cm³/mol. The van der Waals surface area contributed by atoms with Crippen LogP contribution in [0.25, 0.3) is 0 Å². The van der Waals surface area contributed by atoms with Gasteiger partial charge in [0.2, 0.25) is 0 Å². The van der Waals surface area contributed by atoms with E-state index in [9.17, 15) is 0 Å². The van der Waals surface area contributed by atoms with Crippen LogP contribution >= 0.6 is 0 Å². The Kier molecular flexibility index (Phi) is 3.54. The molecule has 3 N–H and O–H groups in total. The van der Waals surface area contributed by atoms with Crippen LogP contribution in [0, 0.1) is 0 Å². The minimum absolute atomic E-state index is 0.660. The number of nitrogens with one attached hydrogen (secondary N) is 3. The minimum Gasteiger partial charge on any atom is -0.347 e. The molecule has 4 nitrogen and oxygen atoms in total. The van der Waals surface area contributed by atoms with Crippen molar-refractivity contribution in [1.82, 2.24) is 20.6 Å². The minimum atomic E-state index is 0.660. The Morgan fingerprint density at radius 1 is 1.43 bits per heavy atom. The molecule has 0 spiro atoms. The number of H-pyrrole nitrogens is 1. The molecule has 1 aliphatic heterocycles. The highest BCUT2D eigenvalue weighted by molar-refractivity contribution is 4.93. The molecule has 1 atom stereocenters. The van der Waals surface area contributed by atoms with Crippen LogP contribution in [0.5, 0.6) is 0 Å². The fourth-order valence-corrected chi connectivity index (χ4v) is 1.86. The SMILES string of the molecule is c1ncc(CNC2CCCNCC2)[nH]1. The largest absolute Gasteiger partial charge is 0.347 e. The molecule has 0 aromatic carbocycles. The van der Waals surface area contributed by atoms with E-state index in [1.54, 1.807) is 6.33 Å². The fraction of sp³-hybridized carbons (Fsp3) is 0.700. The number of aromatic amines is 1.